The third-order valence-corrected chi connectivity index (χ3v) is 3.11. The molecule has 0 spiro atoms. The van der Waals surface area contributed by atoms with Gasteiger partial charge in [0.15, 0.2) is 0 Å². The van der Waals surface area contributed by atoms with Gasteiger partial charge in [0.1, 0.15) is 0 Å². The van der Waals surface area contributed by atoms with E-state index in [4.69, 9.17) is 0 Å². The minimum atomic E-state index is -1.88. The van der Waals surface area contributed by atoms with Crippen LogP contribution in [0.5, 0.6) is 0 Å². The maximum Gasteiger partial charge on any atom is 0.0238 e. The zero-order valence-electron chi connectivity index (χ0n) is 7.50. The smallest absolute Gasteiger partial charge is 0.0238 e. The number of hydrogen-bond acceptors (Lipinski definition) is 2. The van der Waals surface area contributed by atoms with E-state index in [0.717, 1.165) is 19.3 Å². The fourth-order valence-corrected chi connectivity index (χ4v) is 1.86. The molecule has 0 saturated heterocycles. The van der Waals surface area contributed by atoms with Crippen molar-refractivity contribution in [2.45, 2.75) is 45.3 Å². The molecule has 0 aliphatic rings. The largest absolute Gasteiger partial charge is 0.772 e. The molecule has 11 heavy (non-hydrogen) atoms. The summed E-state index contributed by atoms with van der Waals surface area (Å²) in [6.45, 7) is 5.98. The first kappa shape index (κ1) is 11.1. The van der Waals surface area contributed by atoms with E-state index >= 15 is 0 Å². The van der Waals surface area contributed by atoms with Gasteiger partial charge in [-0.05, 0) is 12.3 Å². The highest BCUT2D eigenvalue weighted by molar-refractivity contribution is 7.79. The fourth-order valence-electron chi connectivity index (χ4n) is 1.06. The summed E-state index contributed by atoms with van der Waals surface area (Å²) in [5, 5.41) is -0.144. The van der Waals surface area contributed by atoms with Crippen LogP contribution in [-0.4, -0.2) is 14.0 Å². The standard InChI is InChI=1S/C8H18O2S/c1-4-5-6-8(7(2)3)11(9)10/h7-8H,4-6H2,1-3H3,(H,9,10)/p-1. The average Bonchev–Trinajstić information content (AvgIpc) is 1.87. The van der Waals surface area contributed by atoms with Crippen molar-refractivity contribution in [3.05, 3.63) is 0 Å². The van der Waals surface area contributed by atoms with Crippen molar-refractivity contribution in [1.29, 1.82) is 0 Å². The van der Waals surface area contributed by atoms with E-state index in [1.54, 1.807) is 0 Å². The summed E-state index contributed by atoms with van der Waals surface area (Å²) < 4.78 is 21.3. The Morgan fingerprint density at radius 1 is 1.45 bits per heavy atom. The van der Waals surface area contributed by atoms with Crippen LogP contribution >= 0.6 is 0 Å². The zero-order chi connectivity index (χ0) is 8.85. The number of rotatable bonds is 5. The summed E-state index contributed by atoms with van der Waals surface area (Å²) in [6.07, 6.45) is 2.89. The Morgan fingerprint density at radius 3 is 2.27 bits per heavy atom. The number of hydrogen-bond donors (Lipinski definition) is 0. The predicted molar refractivity (Wildman–Crippen MR) is 47.1 cm³/mol. The maximum atomic E-state index is 10.6. The molecule has 68 valence electrons. The molecule has 0 aromatic carbocycles. The first-order valence-corrected chi connectivity index (χ1v) is 5.31. The third-order valence-electron chi connectivity index (χ3n) is 1.83. The van der Waals surface area contributed by atoms with Crippen molar-refractivity contribution >= 4 is 11.1 Å². The molecule has 0 aliphatic heterocycles. The van der Waals surface area contributed by atoms with Crippen molar-refractivity contribution in [3.8, 4) is 0 Å². The summed E-state index contributed by atoms with van der Waals surface area (Å²) in [5.74, 6) is 0.250. The van der Waals surface area contributed by atoms with Gasteiger partial charge in [-0.2, -0.15) is 0 Å². The summed E-state index contributed by atoms with van der Waals surface area (Å²) >= 11 is -1.88. The highest BCUT2D eigenvalue weighted by atomic mass is 32.2. The SMILES string of the molecule is CCCCC(C(C)C)S(=O)[O-]. The molecule has 0 bridgehead atoms. The Morgan fingerprint density at radius 2 is 2.00 bits per heavy atom. The van der Waals surface area contributed by atoms with Gasteiger partial charge in [-0.15, -0.1) is 0 Å². The first-order valence-electron chi connectivity index (χ1n) is 4.17. The van der Waals surface area contributed by atoms with Crippen molar-refractivity contribution in [3.63, 3.8) is 0 Å². The van der Waals surface area contributed by atoms with Gasteiger partial charge < -0.3 is 4.55 Å². The summed E-state index contributed by atoms with van der Waals surface area (Å²) in [7, 11) is 0. The molecule has 2 nitrogen and oxygen atoms in total. The van der Waals surface area contributed by atoms with Crippen molar-refractivity contribution in [2.24, 2.45) is 5.92 Å². The van der Waals surface area contributed by atoms with Crippen LogP contribution in [0.4, 0.5) is 0 Å². The van der Waals surface area contributed by atoms with Crippen LogP contribution in [0.3, 0.4) is 0 Å². The van der Waals surface area contributed by atoms with Gasteiger partial charge >= 0.3 is 0 Å². The van der Waals surface area contributed by atoms with E-state index in [1.165, 1.54) is 0 Å². The normalized spacial score (nSPS) is 16.8. The Labute approximate surface area is 71.7 Å². The molecule has 0 aromatic heterocycles. The molecule has 0 N–H and O–H groups in total. The first-order chi connectivity index (χ1) is 5.09. The van der Waals surface area contributed by atoms with Gasteiger partial charge in [-0.1, -0.05) is 44.7 Å². The molecule has 0 heterocycles. The topological polar surface area (TPSA) is 40.1 Å². The van der Waals surface area contributed by atoms with E-state index in [-0.39, 0.29) is 11.2 Å². The molecule has 0 amide bonds. The van der Waals surface area contributed by atoms with Gasteiger partial charge in [0.2, 0.25) is 0 Å². The quantitative estimate of drug-likeness (QED) is 0.603. The van der Waals surface area contributed by atoms with Gasteiger partial charge in [0, 0.05) is 5.25 Å². The van der Waals surface area contributed by atoms with Crippen LogP contribution in [0, 0.1) is 5.92 Å². The Bertz CT molecular complexity index is 123. The van der Waals surface area contributed by atoms with Gasteiger partial charge in [0.25, 0.3) is 0 Å². The molecular formula is C8H17O2S-. The highest BCUT2D eigenvalue weighted by Crippen LogP contribution is 2.14. The highest BCUT2D eigenvalue weighted by Gasteiger charge is 2.12. The minimum Gasteiger partial charge on any atom is -0.772 e. The second-order valence-electron chi connectivity index (χ2n) is 3.19. The van der Waals surface area contributed by atoms with Crippen LogP contribution in [0.2, 0.25) is 0 Å². The Hall–Kier alpha value is 0.110. The summed E-state index contributed by atoms with van der Waals surface area (Å²) in [4.78, 5) is 0. The molecule has 0 radical (unpaired) electrons. The van der Waals surface area contributed by atoms with E-state index in [9.17, 15) is 8.76 Å². The van der Waals surface area contributed by atoms with Gasteiger partial charge in [0.05, 0.1) is 0 Å². The van der Waals surface area contributed by atoms with E-state index in [2.05, 4.69) is 6.92 Å². The van der Waals surface area contributed by atoms with E-state index in [0.29, 0.717) is 0 Å². The summed E-state index contributed by atoms with van der Waals surface area (Å²) in [6, 6.07) is 0. The molecule has 0 aromatic rings. The third kappa shape index (κ3) is 4.53. The van der Waals surface area contributed by atoms with Crippen molar-refractivity contribution in [2.75, 3.05) is 0 Å². The van der Waals surface area contributed by atoms with E-state index < -0.39 is 11.1 Å². The molecule has 0 rings (SSSR count). The lowest BCUT2D eigenvalue weighted by atomic mass is 10.1. The van der Waals surface area contributed by atoms with Crippen LogP contribution in [0.25, 0.3) is 0 Å². The lowest BCUT2D eigenvalue weighted by molar-refractivity contribution is 0.469. The van der Waals surface area contributed by atoms with Gasteiger partial charge in [-0.25, -0.2) is 0 Å². The second kappa shape index (κ2) is 5.72. The predicted octanol–water partition coefficient (Wildman–Crippen LogP) is 2.08. The van der Waals surface area contributed by atoms with Crippen LogP contribution < -0.4 is 0 Å². The van der Waals surface area contributed by atoms with Gasteiger partial charge in [-0.3, -0.25) is 4.21 Å². The molecular weight excluding hydrogens is 160 g/mol. The molecule has 2 unspecified atom stereocenters. The minimum absolute atomic E-state index is 0.144. The average molecular weight is 177 g/mol. The lowest BCUT2D eigenvalue weighted by Gasteiger charge is -2.22. The molecule has 3 heteroatoms. The molecule has 0 fully saturated rings. The van der Waals surface area contributed by atoms with E-state index in [1.807, 2.05) is 13.8 Å². The van der Waals surface area contributed by atoms with Crippen LogP contribution in [0.1, 0.15) is 40.0 Å². The fraction of sp³-hybridized carbons (Fsp3) is 1.00. The summed E-state index contributed by atoms with van der Waals surface area (Å²) in [5.41, 5.74) is 0. The number of unbranched alkanes of at least 4 members (excludes halogenated alkanes) is 1. The monoisotopic (exact) mass is 177 g/mol. The molecule has 0 aliphatic carbocycles. The zero-order valence-corrected chi connectivity index (χ0v) is 8.32. The second-order valence-corrected chi connectivity index (χ2v) is 4.31. The molecule has 0 saturated carbocycles. The van der Waals surface area contributed by atoms with Crippen LogP contribution in [-0.2, 0) is 11.1 Å². The van der Waals surface area contributed by atoms with Crippen LogP contribution in [0.15, 0.2) is 0 Å². The van der Waals surface area contributed by atoms with Crippen molar-refractivity contribution < 1.29 is 8.76 Å². The Kier molecular flexibility index (Phi) is 5.78. The lowest BCUT2D eigenvalue weighted by Crippen LogP contribution is -2.21. The van der Waals surface area contributed by atoms with Crippen molar-refractivity contribution in [1.82, 2.24) is 0 Å². The molecule has 2 atom stereocenters. The maximum absolute atomic E-state index is 10.6. The Balaban J connectivity index is 3.80.